The molecule has 0 aliphatic rings. The second-order valence-electron chi connectivity index (χ2n) is 3.82. The zero-order valence-corrected chi connectivity index (χ0v) is 11.0. The summed E-state index contributed by atoms with van der Waals surface area (Å²) in [7, 11) is 4.03. The van der Waals surface area contributed by atoms with E-state index in [0.717, 1.165) is 13.0 Å². The lowest BCUT2D eigenvalue weighted by Crippen LogP contribution is -2.15. The fourth-order valence-corrected chi connectivity index (χ4v) is 1.89. The van der Waals surface area contributed by atoms with E-state index < -0.39 is 0 Å². The monoisotopic (exact) mass is 262 g/mol. The van der Waals surface area contributed by atoms with Gasteiger partial charge in [-0.2, -0.15) is 0 Å². The number of rotatable bonds is 5. The number of halogens is 2. The molecule has 90 valence electrons. The minimum atomic E-state index is 0.454. The number of nitrogens with zero attached hydrogens (tertiary/aromatic N) is 1. The third kappa shape index (κ3) is 4.08. The Morgan fingerprint density at radius 3 is 2.31 bits per heavy atom. The van der Waals surface area contributed by atoms with Crippen molar-refractivity contribution >= 4 is 28.9 Å². The minimum absolute atomic E-state index is 0.454. The molecule has 2 N–H and O–H groups in total. The van der Waals surface area contributed by atoms with E-state index in [-0.39, 0.29) is 0 Å². The molecule has 3 nitrogen and oxygen atoms in total. The number of hydrogen-bond donors (Lipinski definition) is 1. The third-order valence-corrected chi connectivity index (χ3v) is 2.58. The summed E-state index contributed by atoms with van der Waals surface area (Å²) in [6, 6.07) is 3.27. The standard InChI is InChI=1S/C11H16Cl2N2O/c1-15(2)4-3-5-16-11-9(12)6-8(14)7-10(11)13/h6-7H,3-5,14H2,1-2H3. The topological polar surface area (TPSA) is 38.5 Å². The normalized spacial score (nSPS) is 10.8. The summed E-state index contributed by atoms with van der Waals surface area (Å²) in [6.07, 6.45) is 0.921. The average Bonchev–Trinajstić information content (AvgIpc) is 2.14. The zero-order valence-electron chi connectivity index (χ0n) is 9.46. The first kappa shape index (κ1) is 13.4. The van der Waals surface area contributed by atoms with E-state index in [2.05, 4.69) is 4.90 Å². The molecule has 0 bridgehead atoms. The zero-order chi connectivity index (χ0) is 12.1. The largest absolute Gasteiger partial charge is 0.490 e. The summed E-state index contributed by atoms with van der Waals surface area (Å²) in [5.41, 5.74) is 6.13. The number of hydrogen-bond acceptors (Lipinski definition) is 3. The highest BCUT2D eigenvalue weighted by atomic mass is 35.5. The van der Waals surface area contributed by atoms with Gasteiger partial charge in [0.15, 0.2) is 5.75 Å². The summed E-state index contributed by atoms with van der Waals surface area (Å²) < 4.78 is 5.53. The molecule has 0 aromatic heterocycles. The van der Waals surface area contributed by atoms with Crippen molar-refractivity contribution in [3.05, 3.63) is 22.2 Å². The van der Waals surface area contributed by atoms with Gasteiger partial charge in [-0.05, 0) is 32.6 Å². The van der Waals surface area contributed by atoms with Crippen molar-refractivity contribution in [3.63, 3.8) is 0 Å². The second kappa shape index (κ2) is 6.18. The van der Waals surface area contributed by atoms with Gasteiger partial charge in [-0.15, -0.1) is 0 Å². The molecule has 1 rings (SSSR count). The predicted molar refractivity (Wildman–Crippen MR) is 69.5 cm³/mol. The Kier molecular flexibility index (Phi) is 5.19. The van der Waals surface area contributed by atoms with Crippen molar-refractivity contribution in [2.45, 2.75) is 6.42 Å². The third-order valence-electron chi connectivity index (χ3n) is 2.02. The second-order valence-corrected chi connectivity index (χ2v) is 4.63. The molecule has 0 spiro atoms. The first-order valence-electron chi connectivity index (χ1n) is 5.02. The SMILES string of the molecule is CN(C)CCCOc1c(Cl)cc(N)cc1Cl. The lowest BCUT2D eigenvalue weighted by molar-refractivity contribution is 0.282. The maximum atomic E-state index is 5.98. The van der Waals surface area contributed by atoms with Crippen LogP contribution in [-0.4, -0.2) is 32.1 Å². The highest BCUT2D eigenvalue weighted by Crippen LogP contribution is 2.35. The molecule has 0 aliphatic carbocycles. The van der Waals surface area contributed by atoms with Gasteiger partial charge in [-0.3, -0.25) is 0 Å². The van der Waals surface area contributed by atoms with Crippen molar-refractivity contribution < 1.29 is 4.74 Å². The lowest BCUT2D eigenvalue weighted by atomic mass is 10.3. The Bertz CT molecular complexity index is 333. The van der Waals surface area contributed by atoms with E-state index in [1.54, 1.807) is 12.1 Å². The molecule has 0 fully saturated rings. The Labute approximate surface area is 106 Å². The van der Waals surface area contributed by atoms with E-state index >= 15 is 0 Å². The maximum absolute atomic E-state index is 5.98. The quantitative estimate of drug-likeness (QED) is 0.655. The van der Waals surface area contributed by atoms with Crippen LogP contribution in [0.25, 0.3) is 0 Å². The highest BCUT2D eigenvalue weighted by Gasteiger charge is 2.08. The molecule has 0 saturated carbocycles. The van der Waals surface area contributed by atoms with E-state index in [1.165, 1.54) is 0 Å². The summed E-state index contributed by atoms with van der Waals surface area (Å²) >= 11 is 12.0. The van der Waals surface area contributed by atoms with Crippen molar-refractivity contribution in [1.29, 1.82) is 0 Å². The molecule has 0 radical (unpaired) electrons. The molecule has 1 aromatic rings. The van der Waals surface area contributed by atoms with Gasteiger partial charge in [0.05, 0.1) is 16.7 Å². The van der Waals surface area contributed by atoms with Crippen molar-refractivity contribution in [3.8, 4) is 5.75 Å². The van der Waals surface area contributed by atoms with Gasteiger partial charge in [-0.25, -0.2) is 0 Å². The van der Waals surface area contributed by atoms with Crippen LogP contribution in [0.2, 0.25) is 10.0 Å². The van der Waals surface area contributed by atoms with Gasteiger partial charge < -0.3 is 15.4 Å². The van der Waals surface area contributed by atoms with Gasteiger partial charge in [0.25, 0.3) is 0 Å². The van der Waals surface area contributed by atoms with Crippen LogP contribution < -0.4 is 10.5 Å². The molecule has 5 heteroatoms. The number of ether oxygens (including phenoxy) is 1. The van der Waals surface area contributed by atoms with Crippen LogP contribution in [0.15, 0.2) is 12.1 Å². The summed E-state index contributed by atoms with van der Waals surface area (Å²) in [6.45, 7) is 1.55. The number of nitrogen functional groups attached to an aromatic ring is 1. The summed E-state index contributed by atoms with van der Waals surface area (Å²) in [5, 5.41) is 0.907. The number of nitrogens with two attached hydrogens (primary N) is 1. The van der Waals surface area contributed by atoms with Gasteiger partial charge in [-0.1, -0.05) is 23.2 Å². The molecule has 16 heavy (non-hydrogen) atoms. The molecular weight excluding hydrogens is 247 g/mol. The van der Waals surface area contributed by atoms with Crippen LogP contribution in [-0.2, 0) is 0 Å². The van der Waals surface area contributed by atoms with E-state index in [9.17, 15) is 0 Å². The molecule has 0 atom stereocenters. The van der Waals surface area contributed by atoms with Crippen LogP contribution in [0.3, 0.4) is 0 Å². The first-order valence-corrected chi connectivity index (χ1v) is 5.78. The molecule has 0 heterocycles. The van der Waals surface area contributed by atoms with Crippen LogP contribution in [0.4, 0.5) is 5.69 Å². The minimum Gasteiger partial charge on any atom is -0.490 e. The van der Waals surface area contributed by atoms with Crippen molar-refractivity contribution in [2.24, 2.45) is 0 Å². The maximum Gasteiger partial charge on any atom is 0.156 e. The van der Waals surface area contributed by atoms with Crippen LogP contribution in [0.1, 0.15) is 6.42 Å². The van der Waals surface area contributed by atoms with E-state index in [0.29, 0.717) is 28.1 Å². The average molecular weight is 263 g/mol. The van der Waals surface area contributed by atoms with Crippen molar-refractivity contribution in [2.75, 3.05) is 33.0 Å². The Morgan fingerprint density at radius 2 is 1.81 bits per heavy atom. The highest BCUT2D eigenvalue weighted by molar-refractivity contribution is 6.37. The number of anilines is 1. The smallest absolute Gasteiger partial charge is 0.156 e. The molecule has 0 aliphatic heterocycles. The fraction of sp³-hybridized carbons (Fsp3) is 0.455. The Morgan fingerprint density at radius 1 is 1.25 bits per heavy atom. The van der Waals surface area contributed by atoms with E-state index in [1.807, 2.05) is 14.1 Å². The first-order chi connectivity index (χ1) is 7.50. The van der Waals surface area contributed by atoms with Crippen LogP contribution >= 0.6 is 23.2 Å². The van der Waals surface area contributed by atoms with Gasteiger partial charge in [0.1, 0.15) is 0 Å². The van der Waals surface area contributed by atoms with Gasteiger partial charge in [0.2, 0.25) is 0 Å². The molecular formula is C11H16Cl2N2O. The van der Waals surface area contributed by atoms with Crippen molar-refractivity contribution in [1.82, 2.24) is 4.90 Å². The van der Waals surface area contributed by atoms with Gasteiger partial charge in [0, 0.05) is 12.2 Å². The van der Waals surface area contributed by atoms with E-state index in [4.69, 9.17) is 33.7 Å². The Hall–Kier alpha value is -0.640. The van der Waals surface area contributed by atoms with Crippen LogP contribution in [0.5, 0.6) is 5.75 Å². The molecule has 0 saturated heterocycles. The summed E-state index contributed by atoms with van der Waals surface area (Å²) in [5.74, 6) is 0.510. The van der Waals surface area contributed by atoms with Crippen LogP contribution in [0, 0.1) is 0 Å². The molecule has 1 aromatic carbocycles. The molecule has 0 amide bonds. The fourth-order valence-electron chi connectivity index (χ4n) is 1.27. The lowest BCUT2D eigenvalue weighted by Gasteiger charge is -2.12. The van der Waals surface area contributed by atoms with Gasteiger partial charge >= 0.3 is 0 Å². The Balaban J connectivity index is 2.54. The predicted octanol–water partition coefficient (Wildman–Crippen LogP) is 2.91. The number of benzene rings is 1. The summed E-state index contributed by atoms with van der Waals surface area (Å²) in [4.78, 5) is 2.09. The molecule has 0 unspecified atom stereocenters.